The molecule has 0 unspecified atom stereocenters. The summed E-state index contributed by atoms with van der Waals surface area (Å²) in [6.07, 6.45) is 6.34. The molecule has 0 saturated carbocycles. The van der Waals surface area contributed by atoms with Crippen LogP contribution >= 0.6 is 15.9 Å². The lowest BCUT2D eigenvalue weighted by molar-refractivity contribution is 0.207. The van der Waals surface area contributed by atoms with Crippen LogP contribution in [0.15, 0.2) is 35.1 Å². The van der Waals surface area contributed by atoms with Crippen LogP contribution in [0.5, 0.6) is 0 Å². The zero-order valence-electron chi connectivity index (χ0n) is 12.1. The van der Waals surface area contributed by atoms with Crippen molar-refractivity contribution in [3.8, 4) is 0 Å². The van der Waals surface area contributed by atoms with Crippen LogP contribution in [0, 0.1) is 0 Å². The molecule has 0 atom stereocenters. The fraction of sp³-hybridized carbons (Fsp3) is 0.500. The molecule has 5 heteroatoms. The fourth-order valence-corrected chi connectivity index (χ4v) is 3.52. The van der Waals surface area contributed by atoms with Crippen molar-refractivity contribution < 1.29 is 0 Å². The quantitative estimate of drug-likeness (QED) is 0.900. The number of hydrogen-bond donors (Lipinski definition) is 1. The van der Waals surface area contributed by atoms with Gasteiger partial charge in [-0.3, -0.25) is 5.10 Å². The van der Waals surface area contributed by atoms with E-state index in [9.17, 15) is 0 Å². The molecule has 0 aliphatic carbocycles. The Morgan fingerprint density at radius 3 is 2.76 bits per heavy atom. The van der Waals surface area contributed by atoms with E-state index in [-0.39, 0.29) is 0 Å². The van der Waals surface area contributed by atoms with Gasteiger partial charge in [0.25, 0.3) is 0 Å². The van der Waals surface area contributed by atoms with E-state index < -0.39 is 0 Å². The summed E-state index contributed by atoms with van der Waals surface area (Å²) in [6.45, 7) is 3.52. The molecule has 0 radical (unpaired) electrons. The van der Waals surface area contributed by atoms with Crippen molar-refractivity contribution in [2.45, 2.75) is 31.6 Å². The molecule has 0 amide bonds. The molecule has 2 aromatic rings. The van der Waals surface area contributed by atoms with Crippen LogP contribution < -0.4 is 0 Å². The monoisotopic (exact) mass is 348 g/mol. The summed E-state index contributed by atoms with van der Waals surface area (Å²) in [4.78, 5) is 6.86. The Labute approximate surface area is 134 Å². The summed E-state index contributed by atoms with van der Waals surface area (Å²) in [6, 6.07) is 8.52. The second-order valence-electron chi connectivity index (χ2n) is 5.68. The van der Waals surface area contributed by atoms with E-state index >= 15 is 0 Å². The number of likely N-dealkylation sites (tertiary alicyclic amines) is 1. The van der Waals surface area contributed by atoms with Crippen LogP contribution in [0.3, 0.4) is 0 Å². The SMILES string of the molecule is Brc1ccccc1CCCN1CCC(c2ncn[nH]2)CC1. The Morgan fingerprint density at radius 1 is 1.24 bits per heavy atom. The van der Waals surface area contributed by atoms with Gasteiger partial charge in [-0.25, -0.2) is 4.98 Å². The second kappa shape index (κ2) is 7.18. The highest BCUT2D eigenvalue weighted by Gasteiger charge is 2.22. The molecular formula is C16H21BrN4. The number of H-pyrrole nitrogens is 1. The molecule has 4 nitrogen and oxygen atoms in total. The number of benzene rings is 1. The van der Waals surface area contributed by atoms with Crippen molar-refractivity contribution in [1.82, 2.24) is 20.1 Å². The topological polar surface area (TPSA) is 44.8 Å². The first kappa shape index (κ1) is 14.7. The van der Waals surface area contributed by atoms with E-state index in [1.165, 1.54) is 48.9 Å². The van der Waals surface area contributed by atoms with Gasteiger partial charge in [-0.2, -0.15) is 5.10 Å². The van der Waals surface area contributed by atoms with Gasteiger partial charge in [0.15, 0.2) is 0 Å². The average Bonchev–Trinajstić information content (AvgIpc) is 3.04. The van der Waals surface area contributed by atoms with E-state index in [2.05, 4.69) is 60.3 Å². The molecule has 1 N–H and O–H groups in total. The van der Waals surface area contributed by atoms with Gasteiger partial charge in [-0.05, 0) is 56.9 Å². The normalized spacial score (nSPS) is 17.2. The van der Waals surface area contributed by atoms with Crippen LogP contribution in [-0.2, 0) is 6.42 Å². The minimum Gasteiger partial charge on any atom is -0.303 e. The number of nitrogens with zero attached hydrogens (tertiary/aromatic N) is 3. The molecule has 2 heterocycles. The van der Waals surface area contributed by atoms with Gasteiger partial charge in [0.05, 0.1) is 0 Å². The fourth-order valence-electron chi connectivity index (χ4n) is 3.04. The number of aromatic amines is 1. The van der Waals surface area contributed by atoms with Gasteiger partial charge in [-0.1, -0.05) is 34.1 Å². The Kier molecular flexibility index (Phi) is 5.04. The first-order valence-electron chi connectivity index (χ1n) is 7.64. The van der Waals surface area contributed by atoms with Gasteiger partial charge in [0.2, 0.25) is 0 Å². The maximum absolute atomic E-state index is 4.29. The van der Waals surface area contributed by atoms with Crippen molar-refractivity contribution in [3.63, 3.8) is 0 Å². The van der Waals surface area contributed by atoms with Crippen LogP contribution in [0.4, 0.5) is 0 Å². The maximum Gasteiger partial charge on any atom is 0.137 e. The minimum atomic E-state index is 0.562. The lowest BCUT2D eigenvalue weighted by Gasteiger charge is -2.30. The van der Waals surface area contributed by atoms with Gasteiger partial charge in [0, 0.05) is 10.4 Å². The number of halogens is 1. The van der Waals surface area contributed by atoms with E-state index in [0.29, 0.717) is 5.92 Å². The molecular weight excluding hydrogens is 328 g/mol. The predicted octanol–water partition coefficient (Wildman–Crippen LogP) is 3.38. The highest BCUT2D eigenvalue weighted by molar-refractivity contribution is 9.10. The van der Waals surface area contributed by atoms with Gasteiger partial charge < -0.3 is 4.90 Å². The summed E-state index contributed by atoms with van der Waals surface area (Å²) in [5.41, 5.74) is 1.41. The van der Waals surface area contributed by atoms with Gasteiger partial charge in [0.1, 0.15) is 12.2 Å². The Hall–Kier alpha value is -1.20. The first-order chi connectivity index (χ1) is 10.3. The molecule has 21 heavy (non-hydrogen) atoms. The van der Waals surface area contributed by atoms with Crippen LogP contribution in [0.25, 0.3) is 0 Å². The smallest absolute Gasteiger partial charge is 0.137 e. The number of aromatic nitrogens is 3. The molecule has 3 rings (SSSR count). The highest BCUT2D eigenvalue weighted by atomic mass is 79.9. The third kappa shape index (κ3) is 3.92. The summed E-state index contributed by atoms with van der Waals surface area (Å²) in [5.74, 6) is 1.62. The van der Waals surface area contributed by atoms with E-state index in [1.54, 1.807) is 6.33 Å². The molecule has 1 aliphatic rings. The molecule has 0 bridgehead atoms. The van der Waals surface area contributed by atoms with Crippen molar-refractivity contribution in [2.24, 2.45) is 0 Å². The summed E-state index contributed by atoms with van der Waals surface area (Å²) < 4.78 is 1.23. The molecule has 1 fully saturated rings. The van der Waals surface area contributed by atoms with Crippen molar-refractivity contribution in [3.05, 3.63) is 46.5 Å². The molecule has 1 aliphatic heterocycles. The number of rotatable bonds is 5. The minimum absolute atomic E-state index is 0.562. The zero-order valence-corrected chi connectivity index (χ0v) is 13.7. The molecule has 1 aromatic carbocycles. The standard InChI is InChI=1S/C16H21BrN4/c17-15-6-2-1-4-13(15)5-3-9-21-10-7-14(8-11-21)16-18-12-19-20-16/h1-2,4,6,12,14H,3,5,7-11H2,(H,18,19,20). The van der Waals surface area contributed by atoms with Crippen LogP contribution in [0.2, 0.25) is 0 Å². The number of aryl methyl sites for hydroxylation is 1. The largest absolute Gasteiger partial charge is 0.303 e. The third-order valence-corrected chi connectivity index (χ3v) is 5.06. The second-order valence-corrected chi connectivity index (χ2v) is 6.54. The van der Waals surface area contributed by atoms with E-state index in [1.807, 2.05) is 0 Å². The number of piperidine rings is 1. The zero-order chi connectivity index (χ0) is 14.5. The predicted molar refractivity (Wildman–Crippen MR) is 87.3 cm³/mol. The first-order valence-corrected chi connectivity index (χ1v) is 8.43. The number of nitrogens with one attached hydrogen (secondary N) is 1. The lowest BCUT2D eigenvalue weighted by Crippen LogP contribution is -2.34. The molecule has 112 valence electrons. The molecule has 1 saturated heterocycles. The van der Waals surface area contributed by atoms with E-state index in [4.69, 9.17) is 0 Å². The Balaban J connectivity index is 1.41. The van der Waals surface area contributed by atoms with Gasteiger partial charge >= 0.3 is 0 Å². The average molecular weight is 349 g/mol. The Bertz CT molecular complexity index is 547. The molecule has 0 spiro atoms. The summed E-state index contributed by atoms with van der Waals surface area (Å²) >= 11 is 3.62. The van der Waals surface area contributed by atoms with Crippen molar-refractivity contribution in [2.75, 3.05) is 19.6 Å². The summed E-state index contributed by atoms with van der Waals surface area (Å²) in [7, 11) is 0. The molecule has 1 aromatic heterocycles. The van der Waals surface area contributed by atoms with Crippen molar-refractivity contribution >= 4 is 15.9 Å². The lowest BCUT2D eigenvalue weighted by atomic mass is 9.96. The highest BCUT2D eigenvalue weighted by Crippen LogP contribution is 2.25. The van der Waals surface area contributed by atoms with Gasteiger partial charge in [-0.15, -0.1) is 0 Å². The van der Waals surface area contributed by atoms with Crippen LogP contribution in [-0.4, -0.2) is 39.7 Å². The number of hydrogen-bond acceptors (Lipinski definition) is 3. The Morgan fingerprint density at radius 2 is 2.05 bits per heavy atom. The van der Waals surface area contributed by atoms with Crippen LogP contribution in [0.1, 0.15) is 36.6 Å². The van der Waals surface area contributed by atoms with E-state index in [0.717, 1.165) is 12.2 Å². The maximum atomic E-state index is 4.29. The summed E-state index contributed by atoms with van der Waals surface area (Å²) in [5, 5.41) is 6.96. The third-order valence-electron chi connectivity index (χ3n) is 4.29. The van der Waals surface area contributed by atoms with Crippen molar-refractivity contribution in [1.29, 1.82) is 0 Å².